The summed E-state index contributed by atoms with van der Waals surface area (Å²) in [6.45, 7) is 0.632. The number of benzene rings is 1. The number of anilines is 1. The summed E-state index contributed by atoms with van der Waals surface area (Å²) in [5, 5.41) is 8.93. The second-order valence-electron chi connectivity index (χ2n) is 4.92. The molecular formula is C16H15N5. The van der Waals surface area contributed by atoms with E-state index in [0.29, 0.717) is 12.2 Å². The first-order chi connectivity index (χ1) is 10.2. The topological polar surface area (TPSA) is 57.7 Å². The number of aromatic nitrogens is 3. The van der Waals surface area contributed by atoms with E-state index in [9.17, 15) is 0 Å². The van der Waals surface area contributed by atoms with Crippen molar-refractivity contribution in [2.24, 2.45) is 7.05 Å². The summed E-state index contributed by atoms with van der Waals surface area (Å²) in [6.07, 6.45) is 0. The van der Waals surface area contributed by atoms with Crippen molar-refractivity contribution in [2.45, 2.75) is 6.54 Å². The lowest BCUT2D eigenvalue weighted by Gasteiger charge is -2.17. The standard InChI is InChI=1S/C16H15N5/c1-20(15-9-5-6-12(10-17)18-15)11-16-19-13-7-3-4-8-14(13)21(16)2/h3-9H,11H2,1-2H3. The van der Waals surface area contributed by atoms with Gasteiger partial charge in [0, 0.05) is 14.1 Å². The van der Waals surface area contributed by atoms with Gasteiger partial charge in [-0.2, -0.15) is 5.26 Å². The van der Waals surface area contributed by atoms with Crippen molar-refractivity contribution >= 4 is 16.9 Å². The van der Waals surface area contributed by atoms with Crippen LogP contribution in [0.15, 0.2) is 42.5 Å². The molecule has 2 aromatic heterocycles. The molecule has 0 bridgehead atoms. The van der Waals surface area contributed by atoms with E-state index in [0.717, 1.165) is 22.7 Å². The molecule has 21 heavy (non-hydrogen) atoms. The highest BCUT2D eigenvalue weighted by Gasteiger charge is 2.11. The molecule has 0 aliphatic carbocycles. The Morgan fingerprint density at radius 3 is 2.71 bits per heavy atom. The van der Waals surface area contributed by atoms with Crippen LogP contribution in [0, 0.1) is 11.3 Å². The summed E-state index contributed by atoms with van der Waals surface area (Å²) in [5.41, 5.74) is 2.52. The number of pyridine rings is 1. The molecule has 3 rings (SSSR count). The highest BCUT2D eigenvalue weighted by Crippen LogP contribution is 2.17. The van der Waals surface area contributed by atoms with Crippen LogP contribution < -0.4 is 4.90 Å². The van der Waals surface area contributed by atoms with Gasteiger partial charge in [-0.05, 0) is 24.3 Å². The van der Waals surface area contributed by atoms with Crippen molar-refractivity contribution in [1.82, 2.24) is 14.5 Å². The number of fused-ring (bicyclic) bond motifs is 1. The van der Waals surface area contributed by atoms with E-state index < -0.39 is 0 Å². The molecule has 0 saturated heterocycles. The summed E-state index contributed by atoms with van der Waals surface area (Å²) in [5.74, 6) is 1.73. The monoisotopic (exact) mass is 277 g/mol. The first-order valence-corrected chi connectivity index (χ1v) is 6.67. The SMILES string of the molecule is CN(Cc1nc2ccccc2n1C)c1cccc(C#N)n1. The zero-order valence-corrected chi connectivity index (χ0v) is 12.0. The predicted molar refractivity (Wildman–Crippen MR) is 81.8 cm³/mol. The predicted octanol–water partition coefficient (Wildman–Crippen LogP) is 2.48. The summed E-state index contributed by atoms with van der Waals surface area (Å²) in [6, 6.07) is 15.6. The second-order valence-corrected chi connectivity index (χ2v) is 4.92. The highest BCUT2D eigenvalue weighted by molar-refractivity contribution is 5.75. The Kier molecular flexibility index (Phi) is 3.28. The maximum absolute atomic E-state index is 8.93. The normalized spacial score (nSPS) is 10.5. The van der Waals surface area contributed by atoms with Gasteiger partial charge in [0.1, 0.15) is 23.4 Å². The zero-order chi connectivity index (χ0) is 14.8. The minimum Gasteiger partial charge on any atom is -0.352 e. The van der Waals surface area contributed by atoms with Gasteiger partial charge >= 0.3 is 0 Å². The number of rotatable bonds is 3. The number of aryl methyl sites for hydroxylation is 1. The lowest BCUT2D eigenvalue weighted by atomic mass is 10.3. The third-order valence-electron chi connectivity index (χ3n) is 3.50. The van der Waals surface area contributed by atoms with Gasteiger partial charge in [-0.1, -0.05) is 18.2 Å². The molecule has 0 saturated carbocycles. The van der Waals surface area contributed by atoms with E-state index in [1.807, 2.05) is 49.3 Å². The molecule has 0 unspecified atom stereocenters. The smallest absolute Gasteiger partial charge is 0.142 e. The fourth-order valence-electron chi connectivity index (χ4n) is 2.33. The van der Waals surface area contributed by atoms with Crippen LogP contribution in [0.1, 0.15) is 11.5 Å². The second kappa shape index (κ2) is 5.25. The van der Waals surface area contributed by atoms with E-state index in [4.69, 9.17) is 5.26 Å². The highest BCUT2D eigenvalue weighted by atomic mass is 15.2. The summed E-state index contributed by atoms with van der Waals surface area (Å²) >= 11 is 0. The number of imidazole rings is 1. The van der Waals surface area contributed by atoms with Crippen LogP contribution in [-0.2, 0) is 13.6 Å². The van der Waals surface area contributed by atoms with Crippen LogP contribution in [0.2, 0.25) is 0 Å². The molecule has 5 heteroatoms. The number of para-hydroxylation sites is 2. The molecule has 0 spiro atoms. The van der Waals surface area contributed by atoms with Gasteiger partial charge in [-0.15, -0.1) is 0 Å². The summed E-state index contributed by atoms with van der Waals surface area (Å²) in [7, 11) is 3.96. The molecular weight excluding hydrogens is 262 g/mol. The molecule has 0 aliphatic heterocycles. The molecule has 0 atom stereocenters. The van der Waals surface area contributed by atoms with Crippen LogP contribution in [-0.4, -0.2) is 21.6 Å². The van der Waals surface area contributed by atoms with Crippen LogP contribution >= 0.6 is 0 Å². The Labute approximate surface area is 123 Å². The Morgan fingerprint density at radius 1 is 1.14 bits per heavy atom. The van der Waals surface area contributed by atoms with Gasteiger partial charge in [-0.3, -0.25) is 0 Å². The lowest BCUT2D eigenvalue weighted by molar-refractivity contribution is 0.768. The first-order valence-electron chi connectivity index (χ1n) is 6.67. The number of hydrogen-bond donors (Lipinski definition) is 0. The largest absolute Gasteiger partial charge is 0.352 e. The molecule has 0 amide bonds. The van der Waals surface area contributed by atoms with E-state index in [1.54, 1.807) is 6.07 Å². The molecule has 5 nitrogen and oxygen atoms in total. The molecule has 1 aromatic carbocycles. The van der Waals surface area contributed by atoms with E-state index in [-0.39, 0.29) is 0 Å². The zero-order valence-electron chi connectivity index (χ0n) is 12.0. The Hall–Kier alpha value is -2.87. The van der Waals surface area contributed by atoms with Gasteiger partial charge in [0.15, 0.2) is 0 Å². The molecule has 0 fully saturated rings. The molecule has 0 radical (unpaired) electrons. The van der Waals surface area contributed by atoms with Crippen LogP contribution in [0.25, 0.3) is 11.0 Å². The van der Waals surface area contributed by atoms with Crippen LogP contribution in [0.3, 0.4) is 0 Å². The van der Waals surface area contributed by atoms with Crippen molar-refractivity contribution in [3.63, 3.8) is 0 Å². The molecule has 3 aromatic rings. The maximum Gasteiger partial charge on any atom is 0.142 e. The molecule has 0 aliphatic rings. The van der Waals surface area contributed by atoms with Gasteiger partial charge in [0.2, 0.25) is 0 Å². The van der Waals surface area contributed by atoms with E-state index in [1.165, 1.54) is 0 Å². The minimum absolute atomic E-state index is 0.421. The quantitative estimate of drug-likeness (QED) is 0.738. The van der Waals surface area contributed by atoms with Gasteiger partial charge < -0.3 is 9.47 Å². The fraction of sp³-hybridized carbons (Fsp3) is 0.188. The van der Waals surface area contributed by atoms with Crippen LogP contribution in [0.4, 0.5) is 5.82 Å². The summed E-state index contributed by atoms with van der Waals surface area (Å²) < 4.78 is 2.08. The van der Waals surface area contributed by atoms with Crippen molar-refractivity contribution in [1.29, 1.82) is 5.26 Å². The number of nitrogens with zero attached hydrogens (tertiary/aromatic N) is 5. The lowest BCUT2D eigenvalue weighted by Crippen LogP contribution is -2.20. The van der Waals surface area contributed by atoms with Gasteiger partial charge in [0.25, 0.3) is 0 Å². The summed E-state index contributed by atoms with van der Waals surface area (Å²) in [4.78, 5) is 10.9. The number of hydrogen-bond acceptors (Lipinski definition) is 4. The van der Waals surface area contributed by atoms with E-state index in [2.05, 4.69) is 26.7 Å². The van der Waals surface area contributed by atoms with Crippen molar-refractivity contribution in [3.05, 3.63) is 54.0 Å². The average molecular weight is 277 g/mol. The first kappa shape index (κ1) is 13.1. The third-order valence-corrected chi connectivity index (χ3v) is 3.50. The third kappa shape index (κ3) is 2.43. The molecule has 104 valence electrons. The number of nitriles is 1. The van der Waals surface area contributed by atoms with Gasteiger partial charge in [0.05, 0.1) is 17.6 Å². The maximum atomic E-state index is 8.93. The van der Waals surface area contributed by atoms with E-state index >= 15 is 0 Å². The Balaban J connectivity index is 1.91. The van der Waals surface area contributed by atoms with Crippen molar-refractivity contribution in [2.75, 3.05) is 11.9 Å². The van der Waals surface area contributed by atoms with Crippen molar-refractivity contribution in [3.8, 4) is 6.07 Å². The molecule has 2 heterocycles. The van der Waals surface area contributed by atoms with Crippen molar-refractivity contribution < 1.29 is 0 Å². The minimum atomic E-state index is 0.421. The van der Waals surface area contributed by atoms with Gasteiger partial charge in [-0.25, -0.2) is 9.97 Å². The van der Waals surface area contributed by atoms with Crippen LogP contribution in [0.5, 0.6) is 0 Å². The Bertz CT molecular complexity index is 828. The Morgan fingerprint density at radius 2 is 1.95 bits per heavy atom. The fourth-order valence-corrected chi connectivity index (χ4v) is 2.33. The molecule has 0 N–H and O–H groups in total. The average Bonchev–Trinajstić information content (AvgIpc) is 2.84.